The van der Waals surface area contributed by atoms with Gasteiger partial charge >= 0.3 is 0 Å². The van der Waals surface area contributed by atoms with E-state index >= 15 is 0 Å². The van der Waals surface area contributed by atoms with Crippen LogP contribution < -0.4 is 0 Å². The Labute approximate surface area is 130 Å². The molecule has 0 unspecified atom stereocenters. The molecule has 0 N–H and O–H groups in total. The first-order valence-corrected chi connectivity index (χ1v) is 8.26. The monoisotopic (exact) mass is 315 g/mol. The van der Waals surface area contributed by atoms with Gasteiger partial charge in [0.2, 0.25) is 10.0 Å². The SMILES string of the molecule is Cc1cc(C#N)ccc1S(=O)(=O)N(C)CCc1ccccn1. The van der Waals surface area contributed by atoms with Crippen LogP contribution in [0, 0.1) is 18.3 Å². The Morgan fingerprint density at radius 2 is 2.05 bits per heavy atom. The minimum atomic E-state index is -3.57. The maximum Gasteiger partial charge on any atom is 0.243 e. The molecule has 0 spiro atoms. The fraction of sp³-hybridized carbons (Fsp3) is 0.250. The molecule has 2 rings (SSSR count). The van der Waals surface area contributed by atoms with E-state index < -0.39 is 10.0 Å². The largest absolute Gasteiger partial charge is 0.261 e. The third kappa shape index (κ3) is 3.50. The van der Waals surface area contributed by atoms with E-state index in [0.29, 0.717) is 24.1 Å². The van der Waals surface area contributed by atoms with E-state index in [9.17, 15) is 8.42 Å². The van der Waals surface area contributed by atoms with Crippen molar-refractivity contribution in [2.75, 3.05) is 13.6 Å². The van der Waals surface area contributed by atoms with Crippen molar-refractivity contribution in [1.82, 2.24) is 9.29 Å². The van der Waals surface area contributed by atoms with Crippen LogP contribution in [0.5, 0.6) is 0 Å². The van der Waals surface area contributed by atoms with Crippen LogP contribution in [0.4, 0.5) is 0 Å². The minimum Gasteiger partial charge on any atom is -0.261 e. The number of sulfonamides is 1. The van der Waals surface area contributed by atoms with E-state index in [1.807, 2.05) is 24.3 Å². The van der Waals surface area contributed by atoms with Gasteiger partial charge in [-0.1, -0.05) is 6.07 Å². The lowest BCUT2D eigenvalue weighted by atomic mass is 10.2. The lowest BCUT2D eigenvalue weighted by molar-refractivity contribution is 0.470. The molecule has 114 valence electrons. The van der Waals surface area contributed by atoms with Crippen molar-refractivity contribution in [3.63, 3.8) is 0 Å². The molecule has 1 aromatic carbocycles. The van der Waals surface area contributed by atoms with Crippen molar-refractivity contribution in [3.05, 3.63) is 59.4 Å². The first kappa shape index (κ1) is 16.1. The molecule has 0 fully saturated rings. The van der Waals surface area contributed by atoms with Gasteiger partial charge in [-0.05, 0) is 42.8 Å². The maximum atomic E-state index is 12.6. The van der Waals surface area contributed by atoms with Crippen molar-refractivity contribution in [2.24, 2.45) is 0 Å². The highest BCUT2D eigenvalue weighted by molar-refractivity contribution is 7.89. The van der Waals surface area contributed by atoms with Gasteiger partial charge in [0.15, 0.2) is 0 Å². The Morgan fingerprint density at radius 1 is 1.27 bits per heavy atom. The summed E-state index contributed by atoms with van der Waals surface area (Å²) in [7, 11) is -2.02. The number of benzene rings is 1. The molecule has 6 heteroatoms. The highest BCUT2D eigenvalue weighted by atomic mass is 32.2. The summed E-state index contributed by atoms with van der Waals surface area (Å²) in [4.78, 5) is 4.42. The van der Waals surface area contributed by atoms with Crippen LogP contribution in [-0.2, 0) is 16.4 Å². The first-order valence-electron chi connectivity index (χ1n) is 6.82. The van der Waals surface area contributed by atoms with Crippen molar-refractivity contribution in [2.45, 2.75) is 18.2 Å². The lowest BCUT2D eigenvalue weighted by Crippen LogP contribution is -2.29. The van der Waals surface area contributed by atoms with Crippen molar-refractivity contribution < 1.29 is 8.42 Å². The standard InChI is InChI=1S/C16H17N3O2S/c1-13-11-14(12-17)6-7-16(13)22(20,21)19(2)10-8-15-5-3-4-9-18-15/h3-7,9,11H,8,10H2,1-2H3. The zero-order valence-electron chi connectivity index (χ0n) is 12.5. The summed E-state index contributed by atoms with van der Waals surface area (Å²) in [6.07, 6.45) is 2.24. The Kier molecular flexibility index (Phi) is 4.91. The summed E-state index contributed by atoms with van der Waals surface area (Å²) in [5, 5.41) is 8.86. The summed E-state index contributed by atoms with van der Waals surface area (Å²) < 4.78 is 26.5. The van der Waals surface area contributed by atoms with Crippen molar-refractivity contribution >= 4 is 10.0 Å². The molecule has 0 bridgehead atoms. The molecule has 0 saturated carbocycles. The zero-order valence-corrected chi connectivity index (χ0v) is 13.3. The quantitative estimate of drug-likeness (QED) is 0.847. The van der Waals surface area contributed by atoms with Gasteiger partial charge in [-0.3, -0.25) is 4.98 Å². The molecule has 0 aliphatic carbocycles. The van der Waals surface area contributed by atoms with E-state index in [4.69, 9.17) is 5.26 Å². The molecule has 0 amide bonds. The molecule has 1 heterocycles. The number of hydrogen-bond donors (Lipinski definition) is 0. The number of hydrogen-bond acceptors (Lipinski definition) is 4. The van der Waals surface area contributed by atoms with Crippen LogP contribution in [0.3, 0.4) is 0 Å². The van der Waals surface area contributed by atoms with E-state index in [2.05, 4.69) is 4.98 Å². The molecule has 22 heavy (non-hydrogen) atoms. The van der Waals surface area contributed by atoms with E-state index in [-0.39, 0.29) is 4.90 Å². The first-order chi connectivity index (χ1) is 10.4. The van der Waals surface area contributed by atoms with Crippen molar-refractivity contribution in [1.29, 1.82) is 5.26 Å². The number of rotatable bonds is 5. The highest BCUT2D eigenvalue weighted by Gasteiger charge is 2.22. The van der Waals surface area contributed by atoms with Crippen LogP contribution >= 0.6 is 0 Å². The number of aromatic nitrogens is 1. The molecule has 0 aliphatic rings. The fourth-order valence-corrected chi connectivity index (χ4v) is 3.49. The van der Waals surface area contributed by atoms with Gasteiger partial charge in [-0.2, -0.15) is 5.26 Å². The minimum absolute atomic E-state index is 0.232. The third-order valence-electron chi connectivity index (χ3n) is 3.40. The highest BCUT2D eigenvalue weighted by Crippen LogP contribution is 2.20. The van der Waals surface area contributed by atoms with Crippen LogP contribution in [0.1, 0.15) is 16.8 Å². The van der Waals surface area contributed by atoms with Gasteiger partial charge in [0.1, 0.15) is 0 Å². The van der Waals surface area contributed by atoms with Gasteiger partial charge in [0, 0.05) is 31.9 Å². The topological polar surface area (TPSA) is 74.1 Å². The summed E-state index contributed by atoms with van der Waals surface area (Å²) in [5.41, 5.74) is 1.87. The van der Waals surface area contributed by atoms with Crippen LogP contribution in [0.2, 0.25) is 0 Å². The van der Waals surface area contributed by atoms with Crippen LogP contribution in [-0.4, -0.2) is 31.3 Å². The molecule has 1 aromatic heterocycles. The second-order valence-corrected chi connectivity index (χ2v) is 7.00. The maximum absolute atomic E-state index is 12.6. The number of nitrogens with zero attached hydrogens (tertiary/aromatic N) is 3. The predicted molar refractivity (Wildman–Crippen MR) is 83.7 cm³/mol. The van der Waals surface area contributed by atoms with E-state index in [1.165, 1.54) is 16.4 Å². The molecule has 0 atom stereocenters. The third-order valence-corrected chi connectivity index (χ3v) is 5.42. The number of pyridine rings is 1. The summed E-state index contributed by atoms with van der Waals surface area (Å²) >= 11 is 0. The van der Waals surface area contributed by atoms with Gasteiger partial charge in [-0.15, -0.1) is 0 Å². The van der Waals surface area contributed by atoms with Crippen LogP contribution in [0.15, 0.2) is 47.5 Å². The zero-order chi connectivity index (χ0) is 16.2. The molecular formula is C16H17N3O2S. The van der Waals surface area contributed by atoms with Gasteiger partial charge in [0.05, 0.1) is 16.5 Å². The Hall–Kier alpha value is -2.23. The number of likely N-dealkylation sites (N-methyl/N-ethyl adjacent to an activating group) is 1. The number of aryl methyl sites for hydroxylation is 1. The average molecular weight is 315 g/mol. The molecule has 0 aliphatic heterocycles. The van der Waals surface area contributed by atoms with Gasteiger partial charge < -0.3 is 0 Å². The lowest BCUT2D eigenvalue weighted by Gasteiger charge is -2.18. The predicted octanol–water partition coefficient (Wildman–Crippen LogP) is 2.12. The van der Waals surface area contributed by atoms with Crippen molar-refractivity contribution in [3.8, 4) is 6.07 Å². The molecule has 0 saturated heterocycles. The second-order valence-electron chi connectivity index (χ2n) is 4.99. The summed E-state index contributed by atoms with van der Waals surface area (Å²) in [5.74, 6) is 0. The summed E-state index contributed by atoms with van der Waals surface area (Å²) in [6.45, 7) is 2.04. The normalized spacial score (nSPS) is 11.4. The summed E-state index contributed by atoms with van der Waals surface area (Å²) in [6, 6.07) is 12.2. The molecule has 2 aromatic rings. The molecule has 5 nitrogen and oxygen atoms in total. The Bertz CT molecular complexity index is 796. The molecular weight excluding hydrogens is 298 g/mol. The second kappa shape index (κ2) is 6.69. The fourth-order valence-electron chi connectivity index (χ4n) is 2.11. The van der Waals surface area contributed by atoms with Gasteiger partial charge in [-0.25, -0.2) is 12.7 Å². The Morgan fingerprint density at radius 3 is 2.64 bits per heavy atom. The van der Waals surface area contributed by atoms with Gasteiger partial charge in [0.25, 0.3) is 0 Å². The number of nitriles is 1. The Balaban J connectivity index is 2.17. The van der Waals surface area contributed by atoms with Crippen LogP contribution in [0.25, 0.3) is 0 Å². The smallest absolute Gasteiger partial charge is 0.243 e. The van der Waals surface area contributed by atoms with E-state index in [1.54, 1.807) is 26.2 Å². The average Bonchev–Trinajstić information content (AvgIpc) is 2.53. The van der Waals surface area contributed by atoms with E-state index in [0.717, 1.165) is 5.69 Å². The molecule has 0 radical (unpaired) electrons.